The topological polar surface area (TPSA) is 96.3 Å². The zero-order valence-corrected chi connectivity index (χ0v) is 25.1. The van der Waals surface area contributed by atoms with Gasteiger partial charge in [-0.25, -0.2) is 13.9 Å². The number of anilines is 1. The first-order valence-electron chi connectivity index (χ1n) is 14.0. The van der Waals surface area contributed by atoms with E-state index in [0.29, 0.717) is 22.4 Å². The van der Waals surface area contributed by atoms with Gasteiger partial charge in [0.15, 0.2) is 0 Å². The van der Waals surface area contributed by atoms with Crippen LogP contribution in [0.15, 0.2) is 71.5 Å². The number of alkyl halides is 3. The lowest BCUT2D eigenvalue weighted by Gasteiger charge is -2.35. The van der Waals surface area contributed by atoms with Gasteiger partial charge in [-0.05, 0) is 80.4 Å². The normalized spacial score (nSPS) is 15.3. The molecule has 0 bridgehead atoms. The Morgan fingerprint density at radius 3 is 2.29 bits per heavy atom. The number of aromatic nitrogens is 2. The largest absolute Gasteiger partial charge is 0.417 e. The second-order valence-electron chi connectivity index (χ2n) is 10.7. The zero-order chi connectivity index (χ0) is 32.6. The Balaban J connectivity index is 1.57. The quantitative estimate of drug-likeness (QED) is 0.246. The summed E-state index contributed by atoms with van der Waals surface area (Å²) in [5.74, 6) is -1.26. The number of carbonyl (C=O) groups is 2. The van der Waals surface area contributed by atoms with E-state index in [0.717, 1.165) is 12.1 Å². The molecule has 0 saturated heterocycles. The van der Waals surface area contributed by atoms with Gasteiger partial charge in [-0.3, -0.25) is 14.4 Å². The van der Waals surface area contributed by atoms with Gasteiger partial charge in [0.05, 0.1) is 34.6 Å². The van der Waals surface area contributed by atoms with Crippen LogP contribution < -0.4 is 16.2 Å². The summed E-state index contributed by atoms with van der Waals surface area (Å²) in [4.78, 5) is 45.8. The van der Waals surface area contributed by atoms with Crippen molar-refractivity contribution in [2.24, 2.45) is 0 Å². The molecule has 2 amide bonds. The smallest absolute Gasteiger partial charge is 0.355 e. The van der Waals surface area contributed by atoms with Crippen LogP contribution in [0.25, 0.3) is 5.69 Å². The highest BCUT2D eigenvalue weighted by molar-refractivity contribution is 6.31. The van der Waals surface area contributed by atoms with Crippen molar-refractivity contribution < 1.29 is 27.2 Å². The fourth-order valence-corrected chi connectivity index (χ4v) is 5.47. The first kappa shape index (κ1) is 31.7. The third kappa shape index (κ3) is 6.41. The molecule has 8 nitrogen and oxygen atoms in total. The Hall–Kier alpha value is -4.71. The van der Waals surface area contributed by atoms with Gasteiger partial charge in [-0.15, -0.1) is 0 Å². The average molecular weight is 642 g/mol. The van der Waals surface area contributed by atoms with Crippen molar-refractivity contribution >= 4 is 29.4 Å². The van der Waals surface area contributed by atoms with E-state index in [4.69, 9.17) is 16.6 Å². The van der Waals surface area contributed by atoms with Gasteiger partial charge in [-0.2, -0.15) is 13.2 Å². The SMILES string of the molecule is CNC(=O)c1ccc(-n2c(N[C@@H](C)c3ccc(F)cc3)nc3c(c2=O)C[C@@H](C)N(C(=O)c2ccc(Cl)c(C(F)(F)F)c2)C3)cc1. The molecule has 4 aromatic rings. The minimum absolute atomic E-state index is 0.0940. The van der Waals surface area contributed by atoms with Crippen LogP contribution in [0.3, 0.4) is 0 Å². The van der Waals surface area contributed by atoms with E-state index in [-0.39, 0.29) is 36.1 Å². The number of nitrogens with zero attached hydrogens (tertiary/aromatic N) is 3. The van der Waals surface area contributed by atoms with E-state index in [2.05, 4.69) is 10.6 Å². The zero-order valence-electron chi connectivity index (χ0n) is 24.4. The molecule has 0 spiro atoms. The summed E-state index contributed by atoms with van der Waals surface area (Å²) in [5.41, 5.74) is 0.402. The molecule has 0 unspecified atom stereocenters. The number of halogens is 5. The minimum Gasteiger partial charge on any atom is -0.355 e. The van der Waals surface area contributed by atoms with Crippen LogP contribution in [0.5, 0.6) is 0 Å². The lowest BCUT2D eigenvalue weighted by Crippen LogP contribution is -2.46. The maximum absolute atomic E-state index is 14.1. The van der Waals surface area contributed by atoms with Crippen molar-refractivity contribution in [2.45, 2.75) is 45.1 Å². The summed E-state index contributed by atoms with van der Waals surface area (Å²) < 4.78 is 55.4. The summed E-state index contributed by atoms with van der Waals surface area (Å²) in [6, 6.07) is 14.1. The van der Waals surface area contributed by atoms with E-state index in [9.17, 15) is 31.9 Å². The van der Waals surface area contributed by atoms with Gasteiger partial charge >= 0.3 is 6.18 Å². The molecule has 2 N–H and O–H groups in total. The Labute approximate surface area is 260 Å². The molecule has 45 heavy (non-hydrogen) atoms. The van der Waals surface area contributed by atoms with E-state index >= 15 is 0 Å². The van der Waals surface area contributed by atoms with Crippen LogP contribution in [-0.2, 0) is 19.1 Å². The Kier molecular flexibility index (Phi) is 8.70. The van der Waals surface area contributed by atoms with Crippen molar-refractivity contribution in [1.82, 2.24) is 19.8 Å². The van der Waals surface area contributed by atoms with Crippen molar-refractivity contribution in [1.29, 1.82) is 0 Å². The molecule has 0 saturated carbocycles. The molecule has 1 aromatic heterocycles. The van der Waals surface area contributed by atoms with Crippen molar-refractivity contribution in [3.8, 4) is 5.69 Å². The summed E-state index contributed by atoms with van der Waals surface area (Å²) in [6.45, 7) is 3.37. The molecule has 0 fully saturated rings. The Morgan fingerprint density at radius 2 is 1.67 bits per heavy atom. The number of amides is 2. The number of rotatable bonds is 6. The van der Waals surface area contributed by atoms with Crippen LogP contribution in [0.2, 0.25) is 5.02 Å². The molecule has 1 aliphatic rings. The van der Waals surface area contributed by atoms with Gasteiger partial charge in [-0.1, -0.05) is 23.7 Å². The summed E-state index contributed by atoms with van der Waals surface area (Å²) in [7, 11) is 1.50. The fourth-order valence-electron chi connectivity index (χ4n) is 5.24. The molecule has 13 heteroatoms. The second-order valence-corrected chi connectivity index (χ2v) is 11.1. The predicted octanol–water partition coefficient (Wildman–Crippen LogP) is 6.16. The molecule has 0 aliphatic carbocycles. The Bertz CT molecular complexity index is 1830. The highest BCUT2D eigenvalue weighted by Crippen LogP contribution is 2.36. The number of nitrogens with one attached hydrogen (secondary N) is 2. The highest BCUT2D eigenvalue weighted by Gasteiger charge is 2.36. The molecular formula is C32H28ClF4N5O3. The van der Waals surface area contributed by atoms with Crippen LogP contribution in [0.1, 0.15) is 63.0 Å². The fraction of sp³-hybridized carbons (Fsp3) is 0.250. The van der Waals surface area contributed by atoms with Gasteiger partial charge < -0.3 is 15.5 Å². The third-order valence-electron chi connectivity index (χ3n) is 7.72. The van der Waals surface area contributed by atoms with Crippen molar-refractivity contribution in [3.05, 3.63) is 121 Å². The standard InChI is InChI=1S/C32H28ClF4N5O3/c1-17-14-24-27(16-41(17)29(44)21-8-13-26(33)25(15-21)32(35,36)37)40-31(39-18(2)19-4-9-22(34)10-5-19)42(30(24)45)23-11-6-20(7-12-23)28(43)38-3/h4-13,15,17-18H,14,16H2,1-3H3,(H,38,43)(H,39,40)/t17-,18+/m1/s1. The number of fused-ring (bicyclic) bond motifs is 1. The highest BCUT2D eigenvalue weighted by atomic mass is 35.5. The minimum atomic E-state index is -4.75. The van der Waals surface area contributed by atoms with E-state index in [1.165, 1.54) is 34.7 Å². The van der Waals surface area contributed by atoms with Crippen molar-refractivity contribution in [3.63, 3.8) is 0 Å². The van der Waals surface area contributed by atoms with Gasteiger partial charge in [0.25, 0.3) is 17.4 Å². The third-order valence-corrected chi connectivity index (χ3v) is 8.05. The number of carbonyl (C=O) groups excluding carboxylic acids is 2. The first-order chi connectivity index (χ1) is 21.3. The summed E-state index contributed by atoms with van der Waals surface area (Å²) >= 11 is 5.75. The van der Waals surface area contributed by atoms with E-state index < -0.39 is 46.1 Å². The molecule has 5 rings (SSSR count). The maximum atomic E-state index is 14.1. The lowest BCUT2D eigenvalue weighted by molar-refractivity contribution is -0.137. The average Bonchev–Trinajstić information content (AvgIpc) is 3.00. The molecule has 1 aliphatic heterocycles. The second kappa shape index (κ2) is 12.4. The first-order valence-corrected chi connectivity index (χ1v) is 14.3. The molecule has 234 valence electrons. The molecular weight excluding hydrogens is 614 g/mol. The maximum Gasteiger partial charge on any atom is 0.417 e. The predicted molar refractivity (Wildman–Crippen MR) is 161 cm³/mol. The Morgan fingerprint density at radius 1 is 1.02 bits per heavy atom. The summed E-state index contributed by atoms with van der Waals surface area (Å²) in [5, 5.41) is 5.23. The van der Waals surface area contributed by atoms with Crippen LogP contribution in [-0.4, -0.2) is 39.4 Å². The molecule has 0 radical (unpaired) electrons. The van der Waals surface area contributed by atoms with Gasteiger partial charge in [0, 0.05) is 29.8 Å². The van der Waals surface area contributed by atoms with Gasteiger partial charge in [0.2, 0.25) is 5.95 Å². The van der Waals surface area contributed by atoms with E-state index in [1.807, 2.05) is 0 Å². The molecule has 2 atom stereocenters. The molecule has 2 heterocycles. The number of hydrogen-bond donors (Lipinski definition) is 2. The molecule has 3 aromatic carbocycles. The monoisotopic (exact) mass is 641 g/mol. The van der Waals surface area contributed by atoms with E-state index in [1.54, 1.807) is 50.2 Å². The van der Waals surface area contributed by atoms with Crippen molar-refractivity contribution in [2.75, 3.05) is 12.4 Å². The van der Waals surface area contributed by atoms with Crippen LogP contribution in [0, 0.1) is 5.82 Å². The van der Waals surface area contributed by atoms with Gasteiger partial charge in [0.1, 0.15) is 5.82 Å². The summed E-state index contributed by atoms with van der Waals surface area (Å²) in [6.07, 6.45) is -4.66. The number of benzene rings is 3. The van der Waals surface area contributed by atoms with Crippen LogP contribution >= 0.6 is 11.6 Å². The lowest BCUT2D eigenvalue weighted by atomic mass is 9.98. The van der Waals surface area contributed by atoms with Crippen LogP contribution in [0.4, 0.5) is 23.5 Å². The number of hydrogen-bond acceptors (Lipinski definition) is 5.